The fourth-order valence-electron chi connectivity index (χ4n) is 4.85. The molecule has 2 aliphatic rings. The maximum atomic E-state index is 13.8. The van der Waals surface area contributed by atoms with Gasteiger partial charge in [0.05, 0.1) is 39.4 Å². The SMILES string of the molecule is COC(=O)[C@H](Cc1ccc(-c2c(Cl)cc(F)cc2Cl)c2c1C1CC1CO2)NC(=O)c1c(Cl)cccc1Cl. The van der Waals surface area contributed by atoms with E-state index in [2.05, 4.69) is 5.32 Å². The van der Waals surface area contributed by atoms with Gasteiger partial charge in [-0.15, -0.1) is 0 Å². The molecule has 0 radical (unpaired) electrons. The number of esters is 1. The number of ether oxygens (including phenoxy) is 2. The van der Waals surface area contributed by atoms with Crippen molar-refractivity contribution in [3.05, 3.63) is 85.1 Å². The zero-order valence-electron chi connectivity index (χ0n) is 19.4. The van der Waals surface area contributed by atoms with Gasteiger partial charge in [0.2, 0.25) is 0 Å². The van der Waals surface area contributed by atoms with Crippen LogP contribution < -0.4 is 10.1 Å². The summed E-state index contributed by atoms with van der Waals surface area (Å²) in [5, 5.41) is 3.37. The van der Waals surface area contributed by atoms with Crippen LogP contribution in [0.3, 0.4) is 0 Å². The number of hydrogen-bond donors (Lipinski definition) is 1. The number of rotatable bonds is 6. The third-order valence-electron chi connectivity index (χ3n) is 6.70. The van der Waals surface area contributed by atoms with Gasteiger partial charge in [0.15, 0.2) is 0 Å². The Balaban J connectivity index is 1.53. The molecular weight excluding hydrogens is 563 g/mol. The van der Waals surface area contributed by atoms with Crippen molar-refractivity contribution in [2.24, 2.45) is 5.92 Å². The second-order valence-electron chi connectivity index (χ2n) is 9.02. The number of carbonyl (C=O) groups is 2. The molecule has 1 aliphatic carbocycles. The minimum atomic E-state index is -1.02. The summed E-state index contributed by atoms with van der Waals surface area (Å²) in [4.78, 5) is 25.8. The molecule has 1 N–H and O–H groups in total. The number of hydrogen-bond acceptors (Lipinski definition) is 4. The minimum absolute atomic E-state index is 0.0725. The molecule has 5 nitrogen and oxygen atoms in total. The van der Waals surface area contributed by atoms with Crippen LogP contribution in [0.25, 0.3) is 11.1 Å². The molecule has 0 bridgehead atoms. The molecule has 37 heavy (non-hydrogen) atoms. The number of halogens is 5. The lowest BCUT2D eigenvalue weighted by Crippen LogP contribution is -2.43. The Kier molecular flexibility index (Phi) is 7.29. The van der Waals surface area contributed by atoms with E-state index in [-0.39, 0.29) is 38.0 Å². The van der Waals surface area contributed by atoms with E-state index >= 15 is 0 Å². The average Bonchev–Trinajstić information content (AvgIpc) is 3.63. The van der Waals surface area contributed by atoms with Crippen LogP contribution in [0.5, 0.6) is 5.75 Å². The highest BCUT2D eigenvalue weighted by Gasteiger charge is 2.46. The summed E-state index contributed by atoms with van der Waals surface area (Å²) in [7, 11) is 1.25. The summed E-state index contributed by atoms with van der Waals surface area (Å²) >= 11 is 25.1. The van der Waals surface area contributed by atoms with Crippen molar-refractivity contribution in [2.45, 2.75) is 24.8 Å². The standard InChI is InChI=1S/C27H20Cl4FNO4/c1-36-27(35)21(33-26(34)24-17(28)3-2-4-18(24)29)8-12-5-6-15(23-19(30)9-14(32)10-20(23)31)25-22(12)16-7-13(16)11-37-25/h2-6,9-10,13,16,21H,7-8,11H2,1H3,(H,33,34)/t13?,16?,21-/m0/s1. The van der Waals surface area contributed by atoms with Gasteiger partial charge in [-0.3, -0.25) is 4.79 Å². The minimum Gasteiger partial charge on any atom is -0.492 e. The molecule has 1 saturated carbocycles. The Morgan fingerprint density at radius 2 is 1.76 bits per heavy atom. The maximum Gasteiger partial charge on any atom is 0.328 e. The molecule has 1 amide bonds. The Morgan fingerprint density at radius 1 is 1.08 bits per heavy atom. The third-order valence-corrected chi connectivity index (χ3v) is 7.93. The maximum absolute atomic E-state index is 13.8. The van der Waals surface area contributed by atoms with Crippen LogP contribution in [0, 0.1) is 11.7 Å². The van der Waals surface area contributed by atoms with Crippen LogP contribution in [0.15, 0.2) is 42.5 Å². The summed E-state index contributed by atoms with van der Waals surface area (Å²) in [6.45, 7) is 0.534. The van der Waals surface area contributed by atoms with Crippen LogP contribution >= 0.6 is 46.4 Å². The van der Waals surface area contributed by atoms with E-state index in [1.807, 2.05) is 6.07 Å². The molecule has 1 aliphatic heterocycles. The van der Waals surface area contributed by atoms with Gasteiger partial charge in [-0.2, -0.15) is 0 Å². The van der Waals surface area contributed by atoms with Crippen molar-refractivity contribution in [2.75, 3.05) is 13.7 Å². The molecule has 1 fully saturated rings. The predicted octanol–water partition coefficient (Wildman–Crippen LogP) is 7.12. The van der Waals surface area contributed by atoms with E-state index in [1.54, 1.807) is 24.3 Å². The van der Waals surface area contributed by atoms with Crippen molar-refractivity contribution in [3.8, 4) is 16.9 Å². The van der Waals surface area contributed by atoms with Crippen LogP contribution in [-0.4, -0.2) is 31.6 Å². The van der Waals surface area contributed by atoms with Crippen LogP contribution in [0.4, 0.5) is 4.39 Å². The number of benzene rings is 3. The average molecular weight is 583 g/mol. The van der Waals surface area contributed by atoms with Crippen molar-refractivity contribution >= 4 is 58.3 Å². The number of nitrogens with one attached hydrogen (secondary N) is 1. The third kappa shape index (κ3) is 5.00. The lowest BCUT2D eigenvalue weighted by molar-refractivity contribution is -0.142. The fraction of sp³-hybridized carbons (Fsp3) is 0.259. The zero-order valence-corrected chi connectivity index (χ0v) is 22.4. The first kappa shape index (κ1) is 26.1. The summed E-state index contributed by atoms with van der Waals surface area (Å²) in [6, 6.07) is 9.72. The number of methoxy groups -OCH3 is 1. The van der Waals surface area contributed by atoms with E-state index in [9.17, 15) is 14.0 Å². The molecule has 3 aromatic carbocycles. The molecule has 5 rings (SSSR count). The van der Waals surface area contributed by atoms with E-state index < -0.39 is 23.7 Å². The fourth-order valence-corrected chi connectivity index (χ4v) is 6.09. The van der Waals surface area contributed by atoms with E-state index in [1.165, 1.54) is 19.2 Å². The van der Waals surface area contributed by atoms with Gasteiger partial charge in [0, 0.05) is 29.0 Å². The number of amides is 1. The van der Waals surface area contributed by atoms with Crippen molar-refractivity contribution in [1.82, 2.24) is 5.32 Å². The van der Waals surface area contributed by atoms with E-state index in [4.69, 9.17) is 55.9 Å². The quantitative estimate of drug-likeness (QED) is 0.314. The van der Waals surface area contributed by atoms with Gasteiger partial charge in [0.25, 0.3) is 5.91 Å². The summed E-state index contributed by atoms with van der Waals surface area (Å²) in [6.07, 6.45) is 1.07. The predicted molar refractivity (Wildman–Crippen MR) is 142 cm³/mol. The highest BCUT2D eigenvalue weighted by atomic mass is 35.5. The first-order valence-electron chi connectivity index (χ1n) is 11.5. The summed E-state index contributed by atoms with van der Waals surface area (Å²) < 4.78 is 25.0. The molecule has 3 atom stereocenters. The molecule has 2 unspecified atom stereocenters. The van der Waals surface area contributed by atoms with E-state index in [0.717, 1.165) is 17.5 Å². The zero-order chi connectivity index (χ0) is 26.4. The van der Waals surface area contributed by atoms with E-state index in [0.29, 0.717) is 29.4 Å². The molecule has 1 heterocycles. The molecular formula is C27H20Cl4FNO4. The molecule has 192 valence electrons. The van der Waals surface area contributed by atoms with Gasteiger partial charge >= 0.3 is 5.97 Å². The van der Waals surface area contributed by atoms with Crippen LogP contribution in [0.1, 0.15) is 33.8 Å². The lowest BCUT2D eigenvalue weighted by atomic mass is 9.89. The number of fused-ring (bicyclic) bond motifs is 3. The lowest BCUT2D eigenvalue weighted by Gasteiger charge is -2.26. The molecule has 10 heteroatoms. The van der Waals surface area contributed by atoms with Gasteiger partial charge < -0.3 is 14.8 Å². The van der Waals surface area contributed by atoms with Crippen LogP contribution in [0.2, 0.25) is 20.1 Å². The smallest absolute Gasteiger partial charge is 0.328 e. The highest BCUT2D eigenvalue weighted by Crippen LogP contribution is 2.58. The topological polar surface area (TPSA) is 64.6 Å². The van der Waals surface area contributed by atoms with Crippen molar-refractivity contribution in [3.63, 3.8) is 0 Å². The van der Waals surface area contributed by atoms with Gasteiger partial charge in [-0.1, -0.05) is 64.6 Å². The molecule has 0 aromatic heterocycles. The van der Waals surface area contributed by atoms with Gasteiger partial charge in [-0.05, 0) is 42.2 Å². The largest absolute Gasteiger partial charge is 0.492 e. The highest BCUT2D eigenvalue weighted by molar-refractivity contribution is 6.40. The number of carbonyl (C=O) groups excluding carboxylic acids is 2. The first-order valence-corrected chi connectivity index (χ1v) is 13.0. The van der Waals surface area contributed by atoms with Gasteiger partial charge in [0.1, 0.15) is 17.6 Å². The monoisotopic (exact) mass is 581 g/mol. The molecule has 0 spiro atoms. The molecule has 0 saturated heterocycles. The second kappa shape index (κ2) is 10.3. The Hall–Kier alpha value is -2.51. The Morgan fingerprint density at radius 3 is 2.41 bits per heavy atom. The van der Waals surface area contributed by atoms with Crippen LogP contribution in [-0.2, 0) is 16.0 Å². The Bertz CT molecular complexity index is 1390. The van der Waals surface area contributed by atoms with Gasteiger partial charge in [-0.25, -0.2) is 9.18 Å². The summed E-state index contributed by atoms with van der Waals surface area (Å²) in [5.41, 5.74) is 2.91. The normalized spacial score (nSPS) is 18.2. The van der Waals surface area contributed by atoms with Crippen molar-refractivity contribution < 1.29 is 23.5 Å². The first-order chi connectivity index (χ1) is 17.7. The second-order valence-corrected chi connectivity index (χ2v) is 10.7. The Labute approximate surface area is 232 Å². The summed E-state index contributed by atoms with van der Waals surface area (Å²) in [5.74, 6) is -0.583. The van der Waals surface area contributed by atoms with Crippen molar-refractivity contribution in [1.29, 1.82) is 0 Å². The molecule has 3 aromatic rings.